The van der Waals surface area contributed by atoms with Gasteiger partial charge in [-0.25, -0.2) is 10.2 Å². The summed E-state index contributed by atoms with van der Waals surface area (Å²) in [7, 11) is 0. The summed E-state index contributed by atoms with van der Waals surface area (Å²) in [5.41, 5.74) is 3.99. The van der Waals surface area contributed by atoms with Crippen molar-refractivity contribution in [3.05, 3.63) is 83.4 Å². The van der Waals surface area contributed by atoms with Gasteiger partial charge in [0.2, 0.25) is 0 Å². The number of hydrazone groups is 1. The topological polar surface area (TPSA) is 95.5 Å². The third kappa shape index (κ3) is 7.59. The minimum absolute atomic E-state index is 0.281. The molecule has 8 heteroatoms. The second kappa shape index (κ2) is 13.5. The van der Waals surface area contributed by atoms with Gasteiger partial charge in [0.1, 0.15) is 11.5 Å². The van der Waals surface area contributed by atoms with Gasteiger partial charge < -0.3 is 18.9 Å². The minimum atomic E-state index is -0.512. The van der Waals surface area contributed by atoms with Crippen molar-refractivity contribution < 1.29 is 28.5 Å². The summed E-state index contributed by atoms with van der Waals surface area (Å²) >= 11 is 0. The standard InChI is InChI=1S/C28H30N2O6/c1-4-17-35-24-14-10-22(11-15-24)28(32)36-25-16-7-20(18-26(25)34-6-3)19-29-30-27(31)21-8-12-23(13-9-21)33-5-2/h7-16,18-19H,4-6,17H2,1-3H3,(H,30,31). The molecule has 0 saturated carbocycles. The van der Waals surface area contributed by atoms with Gasteiger partial charge in [-0.15, -0.1) is 0 Å². The van der Waals surface area contributed by atoms with Crippen LogP contribution in [0.3, 0.4) is 0 Å². The van der Waals surface area contributed by atoms with E-state index in [-0.39, 0.29) is 11.7 Å². The highest BCUT2D eigenvalue weighted by atomic mass is 16.6. The van der Waals surface area contributed by atoms with Crippen LogP contribution in [0.25, 0.3) is 0 Å². The molecule has 0 unspecified atom stereocenters. The van der Waals surface area contributed by atoms with Crippen LogP contribution in [-0.2, 0) is 0 Å². The first-order valence-electron chi connectivity index (χ1n) is 11.8. The fourth-order valence-electron chi connectivity index (χ4n) is 3.12. The van der Waals surface area contributed by atoms with Crippen LogP contribution in [0.15, 0.2) is 71.8 Å². The maximum atomic E-state index is 12.6. The molecule has 0 radical (unpaired) electrons. The Morgan fingerprint density at radius 3 is 2.06 bits per heavy atom. The molecule has 0 atom stereocenters. The molecular formula is C28H30N2O6. The molecule has 0 aliphatic heterocycles. The first kappa shape index (κ1) is 26.3. The summed E-state index contributed by atoms with van der Waals surface area (Å²) in [6.45, 7) is 7.30. The number of rotatable bonds is 12. The number of esters is 1. The maximum Gasteiger partial charge on any atom is 0.343 e. The molecule has 3 rings (SSSR count). The van der Waals surface area contributed by atoms with Crippen molar-refractivity contribution in [2.45, 2.75) is 27.2 Å². The predicted octanol–water partition coefficient (Wildman–Crippen LogP) is 5.26. The molecule has 0 aliphatic carbocycles. The number of nitrogens with zero attached hydrogens (tertiary/aromatic N) is 1. The largest absolute Gasteiger partial charge is 0.494 e. The zero-order valence-corrected chi connectivity index (χ0v) is 20.7. The van der Waals surface area contributed by atoms with E-state index < -0.39 is 5.97 Å². The number of ether oxygens (including phenoxy) is 4. The summed E-state index contributed by atoms with van der Waals surface area (Å²) in [5, 5.41) is 4.01. The minimum Gasteiger partial charge on any atom is -0.494 e. The predicted molar refractivity (Wildman–Crippen MR) is 137 cm³/mol. The molecule has 188 valence electrons. The van der Waals surface area contributed by atoms with Gasteiger partial charge in [0, 0.05) is 5.56 Å². The highest BCUT2D eigenvalue weighted by molar-refractivity contribution is 5.95. The van der Waals surface area contributed by atoms with Crippen LogP contribution in [0.1, 0.15) is 53.5 Å². The number of hydrogen-bond acceptors (Lipinski definition) is 7. The van der Waals surface area contributed by atoms with Gasteiger partial charge in [-0.05, 0) is 92.6 Å². The van der Waals surface area contributed by atoms with E-state index in [1.807, 2.05) is 20.8 Å². The number of carbonyl (C=O) groups is 2. The van der Waals surface area contributed by atoms with Crippen molar-refractivity contribution in [2.75, 3.05) is 19.8 Å². The smallest absolute Gasteiger partial charge is 0.343 e. The second-order valence-corrected chi connectivity index (χ2v) is 7.56. The Balaban J connectivity index is 1.63. The van der Waals surface area contributed by atoms with Gasteiger partial charge in [-0.1, -0.05) is 6.92 Å². The molecule has 3 aromatic carbocycles. The zero-order valence-electron chi connectivity index (χ0n) is 20.7. The molecule has 0 heterocycles. The lowest BCUT2D eigenvalue weighted by Crippen LogP contribution is -2.17. The van der Waals surface area contributed by atoms with Crippen LogP contribution >= 0.6 is 0 Å². The van der Waals surface area contributed by atoms with Gasteiger partial charge in [-0.3, -0.25) is 4.79 Å². The Kier molecular flexibility index (Phi) is 9.88. The zero-order chi connectivity index (χ0) is 25.8. The van der Waals surface area contributed by atoms with E-state index in [0.717, 1.165) is 6.42 Å². The first-order valence-corrected chi connectivity index (χ1v) is 11.8. The number of carbonyl (C=O) groups excluding carboxylic acids is 2. The Hall–Kier alpha value is -4.33. The van der Waals surface area contributed by atoms with Gasteiger partial charge in [0.05, 0.1) is 31.6 Å². The van der Waals surface area contributed by atoms with Crippen molar-refractivity contribution in [1.29, 1.82) is 0 Å². The Labute approximate surface area is 210 Å². The molecule has 0 spiro atoms. The van der Waals surface area contributed by atoms with Gasteiger partial charge >= 0.3 is 5.97 Å². The summed E-state index contributed by atoms with van der Waals surface area (Å²) in [4.78, 5) is 24.9. The average Bonchev–Trinajstić information content (AvgIpc) is 2.90. The number of nitrogens with one attached hydrogen (secondary N) is 1. The summed E-state index contributed by atoms with van der Waals surface area (Å²) in [6, 6.07) is 18.6. The van der Waals surface area contributed by atoms with Crippen molar-refractivity contribution in [3.63, 3.8) is 0 Å². The van der Waals surface area contributed by atoms with Crippen LogP contribution in [0.5, 0.6) is 23.0 Å². The number of benzene rings is 3. The van der Waals surface area contributed by atoms with E-state index in [9.17, 15) is 9.59 Å². The summed E-state index contributed by atoms with van der Waals surface area (Å²) in [5.74, 6) is 1.19. The molecule has 0 bridgehead atoms. The highest BCUT2D eigenvalue weighted by Gasteiger charge is 2.14. The van der Waals surface area contributed by atoms with Crippen molar-refractivity contribution in [2.24, 2.45) is 5.10 Å². The normalized spacial score (nSPS) is 10.6. The lowest BCUT2D eigenvalue weighted by atomic mass is 10.2. The molecule has 1 amide bonds. The van der Waals surface area contributed by atoms with Gasteiger partial charge in [0.15, 0.2) is 11.5 Å². The van der Waals surface area contributed by atoms with Crippen LogP contribution in [-0.4, -0.2) is 37.9 Å². The molecule has 0 aliphatic rings. The fourth-order valence-corrected chi connectivity index (χ4v) is 3.12. The Bertz CT molecular complexity index is 1170. The Morgan fingerprint density at radius 1 is 0.778 bits per heavy atom. The van der Waals surface area contributed by atoms with E-state index in [2.05, 4.69) is 10.5 Å². The van der Waals surface area contributed by atoms with Gasteiger partial charge in [-0.2, -0.15) is 5.10 Å². The monoisotopic (exact) mass is 490 g/mol. The van der Waals surface area contributed by atoms with E-state index in [0.29, 0.717) is 53.8 Å². The van der Waals surface area contributed by atoms with Crippen LogP contribution in [0, 0.1) is 0 Å². The first-order chi connectivity index (χ1) is 17.5. The van der Waals surface area contributed by atoms with E-state index in [1.165, 1.54) is 6.21 Å². The van der Waals surface area contributed by atoms with Crippen molar-refractivity contribution in [1.82, 2.24) is 5.43 Å². The summed E-state index contributed by atoms with van der Waals surface area (Å²) < 4.78 is 22.1. The molecule has 8 nitrogen and oxygen atoms in total. The molecule has 0 saturated heterocycles. The third-order valence-electron chi connectivity index (χ3n) is 4.84. The molecule has 1 N–H and O–H groups in total. The van der Waals surface area contributed by atoms with E-state index >= 15 is 0 Å². The van der Waals surface area contributed by atoms with Crippen LogP contribution in [0.4, 0.5) is 0 Å². The van der Waals surface area contributed by atoms with Crippen molar-refractivity contribution in [3.8, 4) is 23.0 Å². The quantitative estimate of drug-likeness (QED) is 0.161. The molecule has 36 heavy (non-hydrogen) atoms. The molecule has 0 fully saturated rings. The van der Waals surface area contributed by atoms with E-state index in [1.54, 1.807) is 66.7 Å². The number of hydrogen-bond donors (Lipinski definition) is 1. The lowest BCUT2D eigenvalue weighted by molar-refractivity contribution is 0.0728. The molecular weight excluding hydrogens is 460 g/mol. The van der Waals surface area contributed by atoms with Crippen molar-refractivity contribution >= 4 is 18.1 Å². The summed E-state index contributed by atoms with van der Waals surface area (Å²) in [6.07, 6.45) is 2.38. The molecule has 0 aromatic heterocycles. The van der Waals surface area contributed by atoms with E-state index in [4.69, 9.17) is 18.9 Å². The second-order valence-electron chi connectivity index (χ2n) is 7.56. The number of amides is 1. The van der Waals surface area contributed by atoms with Crippen LogP contribution < -0.4 is 24.4 Å². The van der Waals surface area contributed by atoms with Gasteiger partial charge in [0.25, 0.3) is 5.91 Å². The fraction of sp³-hybridized carbons (Fsp3) is 0.250. The third-order valence-corrected chi connectivity index (χ3v) is 4.84. The molecule has 3 aromatic rings. The maximum absolute atomic E-state index is 12.6. The average molecular weight is 491 g/mol. The Morgan fingerprint density at radius 2 is 1.42 bits per heavy atom. The highest BCUT2D eigenvalue weighted by Crippen LogP contribution is 2.29. The van der Waals surface area contributed by atoms with Crippen LogP contribution in [0.2, 0.25) is 0 Å². The lowest BCUT2D eigenvalue weighted by Gasteiger charge is -2.12. The SMILES string of the molecule is CCCOc1ccc(C(=O)Oc2ccc(C=NNC(=O)c3ccc(OCC)cc3)cc2OCC)cc1.